The Kier molecular flexibility index (Phi) is 7.77. The molecule has 0 aromatic rings. The molecule has 1 aliphatic rings. The molecule has 1 amide bonds. The zero-order valence-corrected chi connectivity index (χ0v) is 11.1. The lowest BCUT2D eigenvalue weighted by Crippen LogP contribution is -2.35. The van der Waals surface area contributed by atoms with E-state index in [1.165, 1.54) is 32.1 Å². The second kappa shape index (κ2) is 7.91. The summed E-state index contributed by atoms with van der Waals surface area (Å²) in [5.41, 5.74) is 5.77. The molecule has 1 rings (SSSR count). The molecule has 1 saturated carbocycles. The molecule has 0 unspecified atom stereocenters. The van der Waals surface area contributed by atoms with E-state index in [-0.39, 0.29) is 18.3 Å². The lowest BCUT2D eigenvalue weighted by Gasteiger charge is -2.27. The molecule has 0 aromatic heterocycles. The second-order valence-electron chi connectivity index (χ2n) is 4.73. The van der Waals surface area contributed by atoms with Crippen molar-refractivity contribution in [1.29, 1.82) is 0 Å². The molecule has 96 valence electrons. The number of hydrogen-bond donors (Lipinski definition) is 2. The van der Waals surface area contributed by atoms with Gasteiger partial charge in [0.25, 0.3) is 0 Å². The Morgan fingerprint density at radius 2 is 2.00 bits per heavy atom. The van der Waals surface area contributed by atoms with E-state index in [1.54, 1.807) is 0 Å². The largest absolute Gasteiger partial charge is 0.356 e. The maximum Gasteiger partial charge on any atom is 0.220 e. The monoisotopic (exact) mass is 248 g/mol. The van der Waals surface area contributed by atoms with Crippen molar-refractivity contribution in [3.8, 4) is 0 Å². The van der Waals surface area contributed by atoms with Crippen LogP contribution in [-0.4, -0.2) is 19.0 Å². The zero-order chi connectivity index (χ0) is 11.1. The van der Waals surface area contributed by atoms with Crippen LogP contribution in [0.4, 0.5) is 0 Å². The van der Waals surface area contributed by atoms with Crippen LogP contribution in [0.5, 0.6) is 0 Å². The third kappa shape index (κ3) is 4.71. The molecule has 16 heavy (non-hydrogen) atoms. The van der Waals surface area contributed by atoms with Gasteiger partial charge in [0.2, 0.25) is 5.91 Å². The standard InChI is InChI=1S/C12H24N2O.ClH/c1-2-12(7-3-4-8-12)10-14-11(15)6-5-9-13;/h2-10,13H2,1H3,(H,14,15);1H. The van der Waals surface area contributed by atoms with Gasteiger partial charge in [-0.1, -0.05) is 19.8 Å². The average Bonchev–Trinajstić information content (AvgIpc) is 2.73. The lowest BCUT2D eigenvalue weighted by molar-refractivity contribution is -0.121. The van der Waals surface area contributed by atoms with Crippen LogP contribution in [0.2, 0.25) is 0 Å². The summed E-state index contributed by atoms with van der Waals surface area (Å²) in [6, 6.07) is 0. The van der Waals surface area contributed by atoms with Crippen molar-refractivity contribution in [3.05, 3.63) is 0 Å². The summed E-state index contributed by atoms with van der Waals surface area (Å²) in [6.07, 6.45) is 7.77. The van der Waals surface area contributed by atoms with Crippen LogP contribution in [-0.2, 0) is 4.79 Å². The fourth-order valence-electron chi connectivity index (χ4n) is 2.42. The van der Waals surface area contributed by atoms with Crippen LogP contribution in [0.15, 0.2) is 0 Å². The fourth-order valence-corrected chi connectivity index (χ4v) is 2.42. The highest BCUT2D eigenvalue weighted by Crippen LogP contribution is 2.40. The molecule has 1 aliphatic carbocycles. The van der Waals surface area contributed by atoms with Gasteiger partial charge in [-0.15, -0.1) is 12.4 Å². The summed E-state index contributed by atoms with van der Waals surface area (Å²) in [4.78, 5) is 11.5. The predicted molar refractivity (Wildman–Crippen MR) is 69.7 cm³/mol. The number of nitrogens with two attached hydrogens (primary N) is 1. The molecule has 0 radical (unpaired) electrons. The van der Waals surface area contributed by atoms with Gasteiger partial charge in [-0.3, -0.25) is 4.79 Å². The Bertz CT molecular complexity index is 203. The average molecular weight is 249 g/mol. The van der Waals surface area contributed by atoms with Gasteiger partial charge in [-0.05, 0) is 37.6 Å². The minimum absolute atomic E-state index is 0. The predicted octanol–water partition coefficient (Wildman–Crippen LogP) is 2.23. The van der Waals surface area contributed by atoms with E-state index < -0.39 is 0 Å². The number of carbonyl (C=O) groups is 1. The van der Waals surface area contributed by atoms with E-state index in [0.29, 0.717) is 18.4 Å². The number of carbonyl (C=O) groups excluding carboxylic acids is 1. The minimum atomic E-state index is 0. The van der Waals surface area contributed by atoms with Crippen molar-refractivity contribution in [2.45, 2.75) is 51.9 Å². The number of hydrogen-bond acceptors (Lipinski definition) is 2. The van der Waals surface area contributed by atoms with Crippen molar-refractivity contribution in [3.63, 3.8) is 0 Å². The highest BCUT2D eigenvalue weighted by molar-refractivity contribution is 5.85. The topological polar surface area (TPSA) is 55.1 Å². The first-order valence-corrected chi connectivity index (χ1v) is 6.19. The van der Waals surface area contributed by atoms with E-state index in [9.17, 15) is 4.79 Å². The van der Waals surface area contributed by atoms with Crippen molar-refractivity contribution in [2.75, 3.05) is 13.1 Å². The summed E-state index contributed by atoms with van der Waals surface area (Å²) < 4.78 is 0. The Balaban J connectivity index is 0.00000225. The number of nitrogens with one attached hydrogen (secondary N) is 1. The van der Waals surface area contributed by atoms with Crippen LogP contribution in [0.25, 0.3) is 0 Å². The van der Waals surface area contributed by atoms with Crippen molar-refractivity contribution < 1.29 is 4.79 Å². The molecule has 0 saturated heterocycles. The smallest absolute Gasteiger partial charge is 0.220 e. The molecular formula is C12H25ClN2O. The van der Waals surface area contributed by atoms with Gasteiger partial charge < -0.3 is 11.1 Å². The molecular weight excluding hydrogens is 224 g/mol. The quantitative estimate of drug-likeness (QED) is 0.758. The fraction of sp³-hybridized carbons (Fsp3) is 0.917. The Labute approximate surface area is 105 Å². The maximum absolute atomic E-state index is 11.5. The van der Waals surface area contributed by atoms with Crippen LogP contribution in [0, 0.1) is 5.41 Å². The van der Waals surface area contributed by atoms with Gasteiger partial charge in [0, 0.05) is 13.0 Å². The normalized spacial score (nSPS) is 17.9. The zero-order valence-electron chi connectivity index (χ0n) is 10.3. The van der Waals surface area contributed by atoms with Gasteiger partial charge in [-0.2, -0.15) is 0 Å². The first-order valence-electron chi connectivity index (χ1n) is 6.19. The van der Waals surface area contributed by atoms with Gasteiger partial charge in [0.05, 0.1) is 0 Å². The summed E-state index contributed by atoms with van der Waals surface area (Å²) in [6.45, 7) is 3.70. The van der Waals surface area contributed by atoms with Crippen molar-refractivity contribution in [2.24, 2.45) is 11.1 Å². The van der Waals surface area contributed by atoms with Gasteiger partial charge in [0.1, 0.15) is 0 Å². The molecule has 4 heteroatoms. The Morgan fingerprint density at radius 3 is 2.50 bits per heavy atom. The molecule has 0 aliphatic heterocycles. The lowest BCUT2D eigenvalue weighted by atomic mass is 9.83. The molecule has 1 fully saturated rings. The van der Waals surface area contributed by atoms with Gasteiger partial charge >= 0.3 is 0 Å². The molecule has 0 heterocycles. The van der Waals surface area contributed by atoms with E-state index in [4.69, 9.17) is 5.73 Å². The highest BCUT2D eigenvalue weighted by Gasteiger charge is 2.31. The first-order chi connectivity index (χ1) is 7.22. The third-order valence-corrected chi connectivity index (χ3v) is 3.68. The minimum Gasteiger partial charge on any atom is -0.356 e. The Hall–Kier alpha value is -0.280. The highest BCUT2D eigenvalue weighted by atomic mass is 35.5. The first kappa shape index (κ1) is 15.7. The molecule has 0 atom stereocenters. The molecule has 0 bridgehead atoms. The molecule has 0 spiro atoms. The summed E-state index contributed by atoms with van der Waals surface area (Å²) in [5.74, 6) is 0.167. The summed E-state index contributed by atoms with van der Waals surface area (Å²) in [7, 11) is 0. The summed E-state index contributed by atoms with van der Waals surface area (Å²) >= 11 is 0. The van der Waals surface area contributed by atoms with Crippen LogP contribution in [0.1, 0.15) is 51.9 Å². The van der Waals surface area contributed by atoms with Gasteiger partial charge in [-0.25, -0.2) is 0 Å². The maximum atomic E-state index is 11.5. The van der Waals surface area contributed by atoms with Gasteiger partial charge in [0.15, 0.2) is 0 Å². The number of halogens is 1. The third-order valence-electron chi connectivity index (χ3n) is 3.68. The molecule has 0 aromatic carbocycles. The van der Waals surface area contributed by atoms with Crippen molar-refractivity contribution in [1.82, 2.24) is 5.32 Å². The number of rotatable bonds is 6. The van der Waals surface area contributed by atoms with Crippen LogP contribution in [0.3, 0.4) is 0 Å². The second-order valence-corrected chi connectivity index (χ2v) is 4.73. The van der Waals surface area contributed by atoms with E-state index in [2.05, 4.69) is 12.2 Å². The van der Waals surface area contributed by atoms with E-state index in [0.717, 1.165) is 13.0 Å². The van der Waals surface area contributed by atoms with Crippen molar-refractivity contribution >= 4 is 18.3 Å². The number of amides is 1. The van der Waals surface area contributed by atoms with E-state index in [1.807, 2.05) is 0 Å². The summed E-state index contributed by atoms with van der Waals surface area (Å²) in [5, 5.41) is 3.06. The van der Waals surface area contributed by atoms with E-state index >= 15 is 0 Å². The molecule has 3 N–H and O–H groups in total. The SMILES string of the molecule is CCC1(CNC(=O)CCCN)CCCC1.Cl. The molecule has 3 nitrogen and oxygen atoms in total. The Morgan fingerprint density at radius 1 is 1.38 bits per heavy atom. The van der Waals surface area contributed by atoms with Crippen LogP contribution < -0.4 is 11.1 Å². The van der Waals surface area contributed by atoms with Crippen LogP contribution >= 0.6 is 12.4 Å².